The van der Waals surface area contributed by atoms with Crippen LogP contribution in [0.15, 0.2) is 53.8 Å². The minimum absolute atomic E-state index is 0.0550. The maximum absolute atomic E-state index is 13.3. The van der Waals surface area contributed by atoms with Crippen molar-refractivity contribution in [2.45, 2.75) is 18.1 Å². The van der Waals surface area contributed by atoms with E-state index >= 15 is 0 Å². The number of aryl methyl sites for hydroxylation is 2. The fourth-order valence-corrected chi connectivity index (χ4v) is 4.17. The minimum atomic E-state index is -4.67. The number of aromatic nitrogens is 5. The van der Waals surface area contributed by atoms with Gasteiger partial charge in [-0.1, -0.05) is 12.1 Å². The van der Waals surface area contributed by atoms with E-state index in [9.17, 15) is 21.6 Å². The fraction of sp³-hybridized carbons (Fsp3) is 0.167. The topological polar surface area (TPSA) is 94.7 Å². The average Bonchev–Trinajstić information content (AvgIpc) is 3.25. The van der Waals surface area contributed by atoms with Crippen molar-refractivity contribution in [1.29, 1.82) is 0 Å². The second kappa shape index (κ2) is 6.83. The third-order valence-corrected chi connectivity index (χ3v) is 5.86. The third kappa shape index (κ3) is 3.38. The molecule has 0 bridgehead atoms. The van der Waals surface area contributed by atoms with Crippen LogP contribution in [0, 0.1) is 6.92 Å². The number of alkyl halides is 3. The van der Waals surface area contributed by atoms with Crippen LogP contribution in [0.3, 0.4) is 0 Å². The molecule has 1 N–H and O–H groups in total. The molecule has 1 aromatic carbocycles. The molecule has 0 fully saturated rings. The highest BCUT2D eigenvalue weighted by Gasteiger charge is 2.35. The lowest BCUT2D eigenvalue weighted by Gasteiger charge is -2.13. The molecule has 8 nitrogen and oxygen atoms in total. The Kier molecular flexibility index (Phi) is 4.53. The first kappa shape index (κ1) is 19.9. The zero-order chi connectivity index (χ0) is 21.7. The predicted molar refractivity (Wildman–Crippen MR) is 103 cm³/mol. The van der Waals surface area contributed by atoms with Crippen molar-refractivity contribution in [3.05, 3.63) is 54.7 Å². The lowest BCUT2D eigenvalue weighted by atomic mass is 10.2. The van der Waals surface area contributed by atoms with Gasteiger partial charge in [0.1, 0.15) is 10.7 Å². The van der Waals surface area contributed by atoms with Crippen LogP contribution in [0.5, 0.6) is 0 Å². The number of nitrogens with zero attached hydrogens (tertiary/aromatic N) is 5. The van der Waals surface area contributed by atoms with Crippen molar-refractivity contribution in [1.82, 2.24) is 24.3 Å². The Hall–Kier alpha value is -3.41. The summed E-state index contributed by atoms with van der Waals surface area (Å²) in [5.74, 6) is -0.248. The number of nitrogens with one attached hydrogen (secondary N) is 1. The van der Waals surface area contributed by atoms with Gasteiger partial charge in [-0.2, -0.15) is 5.10 Å². The standard InChI is InChI=1S/C18H15F3N6O2S/c1-11-22-10-16(27(11)18(19,20)21)14-7-6-13(9-23-14)30(28,29)25-15-5-3-4-12-8-24-26(2)17(12)15/h3-10,25H,1-2H3. The summed E-state index contributed by atoms with van der Waals surface area (Å²) in [6, 6.07) is 7.47. The highest BCUT2D eigenvalue weighted by atomic mass is 32.2. The number of rotatable bonds is 4. The van der Waals surface area contributed by atoms with Crippen LogP contribution in [0.1, 0.15) is 5.82 Å². The summed E-state index contributed by atoms with van der Waals surface area (Å²) in [6.45, 7) is 1.22. The van der Waals surface area contributed by atoms with Crippen LogP contribution < -0.4 is 4.72 Å². The minimum Gasteiger partial charge on any atom is -0.277 e. The molecule has 0 saturated heterocycles. The second-order valence-electron chi connectivity index (χ2n) is 6.49. The molecule has 0 radical (unpaired) electrons. The molecule has 30 heavy (non-hydrogen) atoms. The highest BCUT2D eigenvalue weighted by molar-refractivity contribution is 7.92. The number of imidazole rings is 1. The fourth-order valence-electron chi connectivity index (χ4n) is 3.16. The number of hydrogen-bond acceptors (Lipinski definition) is 5. The number of halogens is 3. The maximum atomic E-state index is 13.3. The van der Waals surface area contributed by atoms with Gasteiger partial charge >= 0.3 is 6.30 Å². The van der Waals surface area contributed by atoms with Crippen molar-refractivity contribution in [3.63, 3.8) is 0 Å². The van der Waals surface area contributed by atoms with Crippen molar-refractivity contribution >= 4 is 26.6 Å². The first-order valence-electron chi connectivity index (χ1n) is 8.59. The zero-order valence-corrected chi connectivity index (χ0v) is 16.5. The first-order chi connectivity index (χ1) is 14.1. The van der Waals surface area contributed by atoms with E-state index < -0.39 is 16.3 Å². The van der Waals surface area contributed by atoms with E-state index in [2.05, 4.69) is 19.8 Å². The monoisotopic (exact) mass is 436 g/mol. The molecule has 0 spiro atoms. The number of anilines is 1. The molecule has 0 amide bonds. The number of para-hydroxylation sites is 1. The number of fused-ring (bicyclic) bond motifs is 1. The van der Waals surface area contributed by atoms with Gasteiger partial charge in [-0.3, -0.25) is 14.4 Å². The highest BCUT2D eigenvalue weighted by Crippen LogP contribution is 2.31. The summed E-state index contributed by atoms with van der Waals surface area (Å²) >= 11 is 0. The van der Waals surface area contributed by atoms with Crippen molar-refractivity contribution in [3.8, 4) is 11.4 Å². The zero-order valence-electron chi connectivity index (χ0n) is 15.7. The molecule has 0 aliphatic carbocycles. The van der Waals surface area contributed by atoms with E-state index in [0.717, 1.165) is 17.8 Å². The average molecular weight is 436 g/mol. The first-order valence-corrected chi connectivity index (χ1v) is 10.1. The lowest BCUT2D eigenvalue weighted by Crippen LogP contribution is -2.19. The summed E-state index contributed by atoms with van der Waals surface area (Å²) in [5, 5.41) is 4.86. The van der Waals surface area contributed by atoms with Gasteiger partial charge in [0.25, 0.3) is 10.0 Å². The van der Waals surface area contributed by atoms with Gasteiger partial charge in [0, 0.05) is 18.6 Å². The van der Waals surface area contributed by atoms with Gasteiger partial charge < -0.3 is 0 Å². The van der Waals surface area contributed by atoms with Crippen LogP contribution in [-0.4, -0.2) is 32.7 Å². The van der Waals surface area contributed by atoms with E-state index in [0.29, 0.717) is 11.2 Å². The molecule has 4 aromatic rings. The number of benzene rings is 1. The predicted octanol–water partition coefficient (Wildman–Crippen LogP) is 3.42. The van der Waals surface area contributed by atoms with Crippen LogP contribution >= 0.6 is 0 Å². The van der Waals surface area contributed by atoms with Gasteiger partial charge in [0.2, 0.25) is 0 Å². The number of sulfonamides is 1. The van der Waals surface area contributed by atoms with Gasteiger partial charge in [-0.05, 0) is 25.1 Å². The van der Waals surface area contributed by atoms with Crippen molar-refractivity contribution in [2.75, 3.05) is 4.72 Å². The molecule has 0 aliphatic heterocycles. The summed E-state index contributed by atoms with van der Waals surface area (Å²) < 4.78 is 69.4. The Labute approximate surface area is 169 Å². The molecule has 0 unspecified atom stereocenters. The third-order valence-electron chi connectivity index (χ3n) is 4.51. The number of hydrogen-bond donors (Lipinski definition) is 1. The van der Waals surface area contributed by atoms with E-state index in [4.69, 9.17) is 0 Å². The lowest BCUT2D eigenvalue weighted by molar-refractivity contribution is -0.203. The molecule has 0 atom stereocenters. The SMILES string of the molecule is Cc1ncc(-c2ccc(S(=O)(=O)Nc3cccc4cnn(C)c34)cn2)n1C(F)(F)F. The number of pyridine rings is 1. The summed E-state index contributed by atoms with van der Waals surface area (Å²) in [4.78, 5) is 7.41. The van der Waals surface area contributed by atoms with Gasteiger partial charge in [-0.25, -0.2) is 18.0 Å². The molecule has 3 aromatic heterocycles. The van der Waals surface area contributed by atoms with Gasteiger partial charge in [0.05, 0.1) is 35.0 Å². The van der Waals surface area contributed by atoms with Gasteiger partial charge in [0.15, 0.2) is 0 Å². The molecule has 4 rings (SSSR count). The van der Waals surface area contributed by atoms with Crippen molar-refractivity contribution in [2.24, 2.45) is 7.05 Å². The van der Waals surface area contributed by atoms with Crippen molar-refractivity contribution < 1.29 is 21.6 Å². The van der Waals surface area contributed by atoms with E-state index in [-0.39, 0.29) is 26.7 Å². The Bertz CT molecular complexity index is 1340. The molecule has 3 heterocycles. The Morgan fingerprint density at radius 2 is 1.80 bits per heavy atom. The maximum Gasteiger partial charge on any atom is 0.490 e. The Morgan fingerprint density at radius 3 is 2.47 bits per heavy atom. The second-order valence-corrected chi connectivity index (χ2v) is 8.17. The molecular weight excluding hydrogens is 421 g/mol. The van der Waals surface area contributed by atoms with Crippen LogP contribution in [-0.2, 0) is 23.4 Å². The van der Waals surface area contributed by atoms with Crippen LogP contribution in [0.2, 0.25) is 0 Å². The molecular formula is C18H15F3N6O2S. The van der Waals surface area contributed by atoms with E-state index in [1.165, 1.54) is 23.7 Å². The van der Waals surface area contributed by atoms with Crippen LogP contribution in [0.4, 0.5) is 18.9 Å². The molecule has 0 saturated carbocycles. The Balaban J connectivity index is 1.68. The summed E-state index contributed by atoms with van der Waals surface area (Å²) in [5.41, 5.74) is 0.578. The smallest absolute Gasteiger partial charge is 0.277 e. The summed E-state index contributed by atoms with van der Waals surface area (Å²) in [7, 11) is -2.35. The van der Waals surface area contributed by atoms with E-state index in [1.54, 1.807) is 31.4 Å². The largest absolute Gasteiger partial charge is 0.490 e. The molecule has 12 heteroatoms. The normalized spacial score (nSPS) is 12.4. The van der Waals surface area contributed by atoms with Crippen LogP contribution in [0.25, 0.3) is 22.3 Å². The molecule has 0 aliphatic rings. The van der Waals surface area contributed by atoms with E-state index in [1.807, 2.05) is 0 Å². The Morgan fingerprint density at radius 1 is 1.03 bits per heavy atom. The quantitative estimate of drug-likeness (QED) is 0.529. The van der Waals surface area contributed by atoms with Gasteiger partial charge in [-0.15, -0.1) is 13.2 Å². The summed E-state index contributed by atoms with van der Waals surface area (Å²) in [6.07, 6.45) is -1.02. The molecule has 156 valence electrons.